The van der Waals surface area contributed by atoms with Crippen molar-refractivity contribution >= 4 is 17.0 Å². The van der Waals surface area contributed by atoms with Gasteiger partial charge in [-0.2, -0.15) is 0 Å². The zero-order valence-corrected chi connectivity index (χ0v) is 10.5. The van der Waals surface area contributed by atoms with Gasteiger partial charge in [0.1, 0.15) is 0 Å². The van der Waals surface area contributed by atoms with E-state index in [4.69, 9.17) is 0 Å². The molecule has 0 nitrogen and oxygen atoms in total. The molecule has 0 aromatic heterocycles. The molecule has 0 heterocycles. The Hall–Kier alpha value is 1.21. The quantitative estimate of drug-likeness (QED) is 0.587. The van der Waals surface area contributed by atoms with Gasteiger partial charge in [-0.05, 0) is 0 Å². The van der Waals surface area contributed by atoms with Crippen molar-refractivity contribution in [3.8, 4) is 0 Å². The van der Waals surface area contributed by atoms with Gasteiger partial charge in [0.15, 0.2) is 0 Å². The Morgan fingerprint density at radius 2 is 1.17 bits per heavy atom. The zero-order valence-electron chi connectivity index (χ0n) is 3.25. The summed E-state index contributed by atoms with van der Waals surface area (Å²) in [5.41, 5.74) is 0. The van der Waals surface area contributed by atoms with Gasteiger partial charge in [-0.1, -0.05) is 0 Å². The van der Waals surface area contributed by atoms with Crippen molar-refractivity contribution in [2.75, 3.05) is 0 Å². The third kappa shape index (κ3) is 63.4. The van der Waals surface area contributed by atoms with Crippen molar-refractivity contribution in [3.63, 3.8) is 0 Å². The summed E-state index contributed by atoms with van der Waals surface area (Å²) in [5, 5.41) is 0. The van der Waals surface area contributed by atoms with Gasteiger partial charge >= 0.3 is 35.2 Å². The molecule has 0 aromatic rings. The molecule has 0 N–H and O–H groups in total. The molecule has 0 atom stereocenters. The van der Waals surface area contributed by atoms with E-state index in [0.717, 1.165) is 0 Å². The fraction of sp³-hybridized carbons (Fsp3) is 1.00. The first-order chi connectivity index (χ1) is 2.00. The molecule has 0 spiro atoms. The molecule has 0 radical (unpaired) electrons. The molecule has 0 aliphatic rings. The number of rotatable bonds is 0. The maximum atomic E-state index is 10.6. The van der Waals surface area contributed by atoms with Crippen LogP contribution in [0.3, 0.4) is 0 Å². The van der Waals surface area contributed by atoms with E-state index < -0.39 is 23.4 Å². The van der Waals surface area contributed by atoms with Crippen LogP contribution in [0.15, 0.2) is 0 Å². The minimum absolute atomic E-state index is 0. The van der Waals surface area contributed by atoms with Crippen LogP contribution in [0.25, 0.3) is 0 Å². The first-order valence-corrected chi connectivity index (χ1v) is 13.2. The van der Waals surface area contributed by atoms with E-state index >= 15 is 0 Å². The molecule has 5 heteroatoms. The second kappa shape index (κ2) is 3.24. The Bertz CT molecular complexity index is 26.3. The Balaban J connectivity index is 0. The van der Waals surface area contributed by atoms with Crippen molar-refractivity contribution in [1.82, 2.24) is 0 Å². The average Bonchev–Trinajstić information content (AvgIpc) is 0.722. The van der Waals surface area contributed by atoms with Crippen LogP contribution >= 0.6 is 17.0 Å². The summed E-state index contributed by atoms with van der Waals surface area (Å²) in [6, 6.07) is 0. The zero-order chi connectivity index (χ0) is 4.50. The Morgan fingerprint density at radius 3 is 1.17 bits per heavy atom. The van der Waals surface area contributed by atoms with Gasteiger partial charge in [-0.3, -0.25) is 0 Å². The second-order valence-corrected chi connectivity index (χ2v) is 9.69. The molecular formula is CH4BrF3Hg. The predicted molar refractivity (Wildman–Crippen MR) is 19.5 cm³/mol. The molecule has 38 valence electrons. The van der Waals surface area contributed by atoms with Crippen molar-refractivity contribution in [2.24, 2.45) is 0 Å². The Labute approximate surface area is 52.1 Å². The molecule has 0 fully saturated rings. The van der Waals surface area contributed by atoms with Crippen LogP contribution in [0.2, 0.25) is 4.43 Å². The van der Waals surface area contributed by atoms with Crippen molar-refractivity contribution in [3.05, 3.63) is 0 Å². The molecule has 0 unspecified atom stereocenters. The summed E-state index contributed by atoms with van der Waals surface area (Å²) in [6.07, 6.45) is 0. The summed E-state index contributed by atoms with van der Waals surface area (Å²) < 4.78 is 32.2. The van der Waals surface area contributed by atoms with Crippen molar-refractivity contribution in [1.29, 1.82) is 0 Å². The van der Waals surface area contributed by atoms with Crippen LogP contribution in [0.1, 0.15) is 0 Å². The van der Waals surface area contributed by atoms with E-state index in [-0.39, 0.29) is 17.0 Å². The van der Waals surface area contributed by atoms with Crippen LogP contribution in [-0.4, -0.2) is 0 Å². The standard InChI is InChI=1S/CH3.BrH.3FH.Hg/h1H3;4*1H;/q;;;;;+3/p-3. The predicted octanol–water partition coefficient (Wildman–Crippen LogP) is 2.42. The number of hydrogen-bond donors (Lipinski definition) is 0. The van der Waals surface area contributed by atoms with Crippen LogP contribution in [0.5, 0.6) is 0 Å². The molecule has 0 rings (SSSR count). The van der Waals surface area contributed by atoms with Crippen LogP contribution < -0.4 is 0 Å². The van der Waals surface area contributed by atoms with Gasteiger partial charge in [0, 0.05) is 0 Å². The molecule has 0 aliphatic carbocycles. The van der Waals surface area contributed by atoms with Gasteiger partial charge in [0.25, 0.3) is 0 Å². The number of halogens is 4. The van der Waals surface area contributed by atoms with Gasteiger partial charge < -0.3 is 0 Å². The first-order valence-electron chi connectivity index (χ1n) is 1.51. The molecule has 0 aliphatic heterocycles. The minimum atomic E-state index is -5.89. The fourth-order valence-corrected chi connectivity index (χ4v) is 0. The average molecular weight is 354 g/mol. The SMILES string of the molecule is Br.[CH3][Hg]([F])([F])[F]. The topological polar surface area (TPSA) is 0 Å². The number of hydrogen-bond acceptors (Lipinski definition) is 0. The maximum absolute atomic E-state index is 10.6. The van der Waals surface area contributed by atoms with E-state index in [1.165, 1.54) is 0 Å². The third-order valence-electron chi connectivity index (χ3n) is 0. The second-order valence-electron chi connectivity index (χ2n) is 1.10. The molecule has 0 saturated heterocycles. The third-order valence-corrected chi connectivity index (χ3v) is 0. The molecule has 0 aromatic carbocycles. The Morgan fingerprint density at radius 1 is 1.17 bits per heavy atom. The van der Waals surface area contributed by atoms with Crippen molar-refractivity contribution in [2.45, 2.75) is 4.43 Å². The van der Waals surface area contributed by atoms with Gasteiger partial charge in [0.05, 0.1) is 0 Å². The van der Waals surface area contributed by atoms with Crippen molar-refractivity contribution < 1.29 is 30.8 Å². The van der Waals surface area contributed by atoms with E-state index in [0.29, 0.717) is 4.43 Å². The monoisotopic (exact) mass is 354 g/mol. The van der Waals surface area contributed by atoms with E-state index in [9.17, 15) is 7.41 Å². The summed E-state index contributed by atoms with van der Waals surface area (Å²) in [4.78, 5) is 0. The molecule has 0 bridgehead atoms. The van der Waals surface area contributed by atoms with Gasteiger partial charge in [-0.15, -0.1) is 17.0 Å². The van der Waals surface area contributed by atoms with Gasteiger partial charge in [-0.25, -0.2) is 0 Å². The molecule has 0 saturated carbocycles. The van der Waals surface area contributed by atoms with Crippen LogP contribution in [0, 0.1) is 0 Å². The van der Waals surface area contributed by atoms with Crippen LogP contribution in [-0.2, 0) is 23.4 Å². The van der Waals surface area contributed by atoms with E-state index in [1.807, 2.05) is 0 Å². The van der Waals surface area contributed by atoms with E-state index in [2.05, 4.69) is 0 Å². The fourth-order valence-electron chi connectivity index (χ4n) is 0. The summed E-state index contributed by atoms with van der Waals surface area (Å²) in [6.45, 7) is 0. The molecule has 0 amide bonds. The summed E-state index contributed by atoms with van der Waals surface area (Å²) >= 11 is -5.89. The first kappa shape index (κ1) is 10.2. The normalized spacial score (nSPS) is 7.33. The summed E-state index contributed by atoms with van der Waals surface area (Å²) in [5.74, 6) is 0. The van der Waals surface area contributed by atoms with Gasteiger partial charge in [0.2, 0.25) is 0 Å². The molecule has 6 heavy (non-hydrogen) atoms. The summed E-state index contributed by atoms with van der Waals surface area (Å²) in [7, 11) is 0. The van der Waals surface area contributed by atoms with Crippen LogP contribution in [0.4, 0.5) is 7.41 Å². The Kier molecular flexibility index (Phi) is 5.53. The molecular weight excluding hydrogens is 349 g/mol. The van der Waals surface area contributed by atoms with E-state index in [1.54, 1.807) is 0 Å².